The van der Waals surface area contributed by atoms with Crippen LogP contribution in [-0.2, 0) is 0 Å². The van der Waals surface area contributed by atoms with Gasteiger partial charge in [-0.3, -0.25) is 4.57 Å². The van der Waals surface area contributed by atoms with E-state index < -0.39 is 0 Å². The van der Waals surface area contributed by atoms with Crippen LogP contribution >= 0.6 is 0 Å². The molecule has 5 nitrogen and oxygen atoms in total. The van der Waals surface area contributed by atoms with Crippen molar-refractivity contribution in [2.24, 2.45) is 0 Å². The zero-order chi connectivity index (χ0) is 38.7. The number of hydrogen-bond donors (Lipinski definition) is 0. The fourth-order valence-electron chi connectivity index (χ4n) is 8.88. The van der Waals surface area contributed by atoms with E-state index >= 15 is 0 Å². The van der Waals surface area contributed by atoms with Crippen LogP contribution in [0.15, 0.2) is 189 Å². The number of benzene rings is 7. The fraction of sp³-hybridized carbons (Fsp3) is 0.0189. The molecule has 0 aliphatic carbocycles. The number of nitrogens with zero attached hydrogens (tertiary/aromatic N) is 5. The van der Waals surface area contributed by atoms with E-state index in [2.05, 4.69) is 209 Å². The molecule has 0 amide bonds. The zero-order valence-corrected chi connectivity index (χ0v) is 31.9. The standard InChI is InChI=1S/C53H37N5/c1-3-17-39-40-22-11-14-25-48(40)56(47(39)4-2)38-30-28-36(29-31-38)46-34-45(35-18-7-5-8-19-35)54-53(55-46)58-50-27-16-13-24-42(50)44-33-32-43-41-23-12-15-26-49(41)57(51(43)52(44)58)37-20-9-6-10-21-37/h3-34H,2H2,1H3/b17-3-. The number of rotatable bonds is 7. The van der Waals surface area contributed by atoms with Crippen molar-refractivity contribution in [1.29, 1.82) is 0 Å². The van der Waals surface area contributed by atoms with Gasteiger partial charge in [-0.1, -0.05) is 146 Å². The molecule has 4 heterocycles. The van der Waals surface area contributed by atoms with Gasteiger partial charge in [0.15, 0.2) is 0 Å². The summed E-state index contributed by atoms with van der Waals surface area (Å²) >= 11 is 0. The molecule has 0 atom stereocenters. The van der Waals surface area contributed by atoms with Crippen LogP contribution in [0.4, 0.5) is 0 Å². The van der Waals surface area contributed by atoms with E-state index in [4.69, 9.17) is 9.97 Å². The van der Waals surface area contributed by atoms with Crippen LogP contribution in [0.1, 0.15) is 18.2 Å². The maximum atomic E-state index is 5.46. The van der Waals surface area contributed by atoms with E-state index in [0.717, 1.165) is 83.5 Å². The van der Waals surface area contributed by atoms with Gasteiger partial charge in [-0.25, -0.2) is 9.97 Å². The topological polar surface area (TPSA) is 40.6 Å². The highest BCUT2D eigenvalue weighted by Crippen LogP contribution is 2.42. The number of fused-ring (bicyclic) bond motifs is 8. The van der Waals surface area contributed by atoms with Crippen molar-refractivity contribution in [3.05, 3.63) is 200 Å². The molecule has 11 aromatic rings. The highest BCUT2D eigenvalue weighted by atomic mass is 15.2. The van der Waals surface area contributed by atoms with Crippen LogP contribution in [0.2, 0.25) is 0 Å². The number of aromatic nitrogens is 5. The molecule has 7 aromatic carbocycles. The second-order valence-electron chi connectivity index (χ2n) is 14.6. The molecule has 5 heteroatoms. The number of allylic oxidation sites excluding steroid dienone is 1. The van der Waals surface area contributed by atoms with E-state index in [9.17, 15) is 0 Å². The molecule has 0 bridgehead atoms. The third kappa shape index (κ3) is 5.10. The van der Waals surface area contributed by atoms with Gasteiger partial charge in [0, 0.05) is 55.0 Å². The lowest BCUT2D eigenvalue weighted by molar-refractivity contribution is 0.995. The fourth-order valence-corrected chi connectivity index (χ4v) is 8.88. The molecule has 11 rings (SSSR count). The summed E-state index contributed by atoms with van der Waals surface area (Å²) in [5, 5.41) is 5.88. The summed E-state index contributed by atoms with van der Waals surface area (Å²) < 4.78 is 6.96. The predicted octanol–water partition coefficient (Wildman–Crippen LogP) is 13.6. The average molecular weight is 744 g/mol. The SMILES string of the molecule is C=Cc1c(/C=C\C)c2ccccc2n1-c1ccc(-c2cc(-c3ccccc3)nc(-n3c4ccccc4c4ccc5c6ccccc6n(-c6ccccc6)c5c43)n2)cc1. The van der Waals surface area contributed by atoms with Gasteiger partial charge in [0.05, 0.1) is 44.7 Å². The van der Waals surface area contributed by atoms with Crippen LogP contribution < -0.4 is 0 Å². The largest absolute Gasteiger partial charge is 0.309 e. The van der Waals surface area contributed by atoms with Crippen molar-refractivity contribution >= 4 is 66.7 Å². The van der Waals surface area contributed by atoms with Gasteiger partial charge in [0.25, 0.3) is 0 Å². The normalized spacial score (nSPS) is 11.9. The Labute approximate surface area is 335 Å². The van der Waals surface area contributed by atoms with Gasteiger partial charge in [-0.15, -0.1) is 0 Å². The van der Waals surface area contributed by atoms with Crippen molar-refractivity contribution in [3.63, 3.8) is 0 Å². The molecule has 0 radical (unpaired) electrons. The molecular formula is C53H37N5. The predicted molar refractivity (Wildman–Crippen MR) is 243 cm³/mol. The van der Waals surface area contributed by atoms with Gasteiger partial charge in [-0.2, -0.15) is 0 Å². The maximum absolute atomic E-state index is 5.46. The van der Waals surface area contributed by atoms with E-state index in [1.54, 1.807) is 0 Å². The highest BCUT2D eigenvalue weighted by Gasteiger charge is 2.23. The van der Waals surface area contributed by atoms with Gasteiger partial charge in [0.2, 0.25) is 5.95 Å². The number of para-hydroxylation sites is 4. The molecule has 0 N–H and O–H groups in total. The quantitative estimate of drug-likeness (QED) is 0.163. The van der Waals surface area contributed by atoms with Crippen molar-refractivity contribution in [1.82, 2.24) is 23.7 Å². The Balaban J connectivity index is 1.18. The van der Waals surface area contributed by atoms with E-state index in [1.807, 2.05) is 12.1 Å². The summed E-state index contributed by atoms with van der Waals surface area (Å²) in [7, 11) is 0. The first-order valence-electron chi connectivity index (χ1n) is 19.7. The van der Waals surface area contributed by atoms with Gasteiger partial charge < -0.3 is 9.13 Å². The summed E-state index contributed by atoms with van der Waals surface area (Å²) in [6.07, 6.45) is 6.20. The molecule has 0 spiro atoms. The first-order chi connectivity index (χ1) is 28.7. The minimum Gasteiger partial charge on any atom is -0.309 e. The van der Waals surface area contributed by atoms with E-state index in [1.165, 1.54) is 16.2 Å². The smallest absolute Gasteiger partial charge is 0.235 e. The zero-order valence-electron chi connectivity index (χ0n) is 31.9. The van der Waals surface area contributed by atoms with Gasteiger partial charge in [-0.05, 0) is 61.5 Å². The summed E-state index contributed by atoms with van der Waals surface area (Å²) in [5.41, 5.74) is 13.6. The Kier molecular flexibility index (Phi) is 7.79. The lowest BCUT2D eigenvalue weighted by Crippen LogP contribution is -2.05. The Morgan fingerprint density at radius 1 is 0.448 bits per heavy atom. The second kappa shape index (κ2) is 13.5. The average Bonchev–Trinajstić information content (AvgIpc) is 3.93. The number of hydrogen-bond acceptors (Lipinski definition) is 2. The Bertz CT molecular complexity index is 3400. The third-order valence-electron chi connectivity index (χ3n) is 11.4. The van der Waals surface area contributed by atoms with E-state index in [-0.39, 0.29) is 0 Å². The van der Waals surface area contributed by atoms with Crippen LogP contribution in [0.3, 0.4) is 0 Å². The van der Waals surface area contributed by atoms with Crippen LogP contribution in [-0.4, -0.2) is 23.7 Å². The molecule has 0 aliphatic rings. The van der Waals surface area contributed by atoms with Crippen molar-refractivity contribution in [2.45, 2.75) is 6.92 Å². The molecule has 0 fully saturated rings. The van der Waals surface area contributed by atoms with E-state index in [0.29, 0.717) is 5.95 Å². The maximum Gasteiger partial charge on any atom is 0.235 e. The monoisotopic (exact) mass is 743 g/mol. The van der Waals surface area contributed by atoms with Crippen molar-refractivity contribution in [3.8, 4) is 39.8 Å². The lowest BCUT2D eigenvalue weighted by Gasteiger charge is -2.14. The first-order valence-corrected chi connectivity index (χ1v) is 19.7. The molecule has 4 aromatic heterocycles. The van der Waals surface area contributed by atoms with Crippen molar-refractivity contribution < 1.29 is 0 Å². The molecular weight excluding hydrogens is 707 g/mol. The molecule has 0 aliphatic heterocycles. The lowest BCUT2D eigenvalue weighted by atomic mass is 10.1. The van der Waals surface area contributed by atoms with Gasteiger partial charge in [0.1, 0.15) is 0 Å². The molecule has 58 heavy (non-hydrogen) atoms. The molecule has 0 saturated carbocycles. The molecule has 274 valence electrons. The Morgan fingerprint density at radius 3 is 1.53 bits per heavy atom. The summed E-state index contributed by atoms with van der Waals surface area (Å²) in [6, 6.07) is 62.2. The van der Waals surface area contributed by atoms with Crippen LogP contribution in [0.5, 0.6) is 0 Å². The van der Waals surface area contributed by atoms with Crippen molar-refractivity contribution in [2.75, 3.05) is 0 Å². The summed E-state index contributed by atoms with van der Waals surface area (Å²) in [5.74, 6) is 0.616. The van der Waals surface area contributed by atoms with Crippen LogP contribution in [0.25, 0.3) is 107 Å². The van der Waals surface area contributed by atoms with Gasteiger partial charge >= 0.3 is 0 Å². The minimum absolute atomic E-state index is 0.616. The highest BCUT2D eigenvalue weighted by molar-refractivity contribution is 6.23. The molecule has 0 saturated heterocycles. The van der Waals surface area contributed by atoms with Crippen LogP contribution in [0, 0.1) is 0 Å². The third-order valence-corrected chi connectivity index (χ3v) is 11.4. The minimum atomic E-state index is 0.616. The Morgan fingerprint density at radius 2 is 0.931 bits per heavy atom. The molecule has 0 unspecified atom stereocenters. The Hall–Kier alpha value is -7.76. The summed E-state index contributed by atoms with van der Waals surface area (Å²) in [6.45, 7) is 6.27. The summed E-state index contributed by atoms with van der Waals surface area (Å²) in [4.78, 5) is 10.9. The second-order valence-corrected chi connectivity index (χ2v) is 14.6. The first kappa shape index (κ1) is 33.6.